The van der Waals surface area contributed by atoms with Crippen molar-refractivity contribution in [2.45, 2.75) is 32.2 Å². The first-order valence-corrected chi connectivity index (χ1v) is 7.26. The number of hydrogen-bond donors (Lipinski definition) is 2. The summed E-state index contributed by atoms with van der Waals surface area (Å²) in [5, 5.41) is 3.12. The van der Waals surface area contributed by atoms with E-state index >= 15 is 0 Å². The number of ether oxygens (including phenoxy) is 2. The Morgan fingerprint density at radius 3 is 2.90 bits per heavy atom. The summed E-state index contributed by atoms with van der Waals surface area (Å²) in [6.45, 7) is 3.57. The minimum atomic E-state index is 0.396. The van der Waals surface area contributed by atoms with Gasteiger partial charge < -0.3 is 20.5 Å². The molecule has 0 radical (unpaired) electrons. The second-order valence-corrected chi connectivity index (χ2v) is 5.32. The zero-order chi connectivity index (χ0) is 13.9. The van der Waals surface area contributed by atoms with Crippen LogP contribution in [0.4, 0.5) is 5.69 Å². The number of nitrogens with one attached hydrogen (secondary N) is 1. The molecular formula is C15H21N3O2. The third kappa shape index (κ3) is 2.98. The van der Waals surface area contributed by atoms with Gasteiger partial charge in [-0.25, -0.2) is 4.99 Å². The second-order valence-electron chi connectivity index (χ2n) is 5.32. The summed E-state index contributed by atoms with van der Waals surface area (Å²) in [4.78, 5) is 4.48. The van der Waals surface area contributed by atoms with E-state index < -0.39 is 0 Å². The third-order valence-corrected chi connectivity index (χ3v) is 3.73. The first-order chi connectivity index (χ1) is 9.76. The minimum absolute atomic E-state index is 0.396. The summed E-state index contributed by atoms with van der Waals surface area (Å²) in [6.07, 6.45) is 3.23. The average Bonchev–Trinajstić information content (AvgIpc) is 3.20. The number of anilines is 1. The van der Waals surface area contributed by atoms with Gasteiger partial charge in [-0.05, 0) is 24.5 Å². The van der Waals surface area contributed by atoms with Crippen LogP contribution in [0.15, 0.2) is 23.2 Å². The normalized spacial score (nSPS) is 24.9. The predicted octanol–water partition coefficient (Wildman–Crippen LogP) is 2.37. The summed E-state index contributed by atoms with van der Waals surface area (Å²) in [7, 11) is 0. The Kier molecular flexibility index (Phi) is 3.67. The maximum Gasteiger partial charge on any atom is 0.193 e. The van der Waals surface area contributed by atoms with Crippen LogP contribution < -0.4 is 20.5 Å². The molecule has 5 heteroatoms. The lowest BCUT2D eigenvalue weighted by Gasteiger charge is -2.10. The Hall–Kier alpha value is -1.91. The molecule has 1 heterocycles. The topological polar surface area (TPSA) is 68.9 Å². The fourth-order valence-electron chi connectivity index (χ4n) is 2.43. The SMILES string of the molecule is CC[C@@H]1C[C@H]1N=C(N)Nc1ccc2c(c1)OCCCO2. The van der Waals surface area contributed by atoms with Gasteiger partial charge in [0.1, 0.15) is 0 Å². The molecule has 1 fully saturated rings. The Labute approximate surface area is 119 Å². The van der Waals surface area contributed by atoms with Crippen LogP contribution in [0.3, 0.4) is 0 Å². The van der Waals surface area contributed by atoms with Crippen molar-refractivity contribution in [3.63, 3.8) is 0 Å². The van der Waals surface area contributed by atoms with Crippen LogP contribution in [-0.2, 0) is 0 Å². The molecule has 2 atom stereocenters. The van der Waals surface area contributed by atoms with Crippen molar-refractivity contribution in [3.05, 3.63) is 18.2 Å². The number of nitrogens with zero attached hydrogens (tertiary/aromatic N) is 1. The molecule has 0 spiro atoms. The minimum Gasteiger partial charge on any atom is -0.490 e. The molecule has 1 aromatic rings. The molecule has 0 aromatic heterocycles. The van der Waals surface area contributed by atoms with Crippen molar-refractivity contribution in [1.82, 2.24) is 0 Å². The number of benzene rings is 1. The van der Waals surface area contributed by atoms with Gasteiger partial charge in [-0.2, -0.15) is 0 Å². The molecule has 0 bridgehead atoms. The molecule has 5 nitrogen and oxygen atoms in total. The summed E-state index contributed by atoms with van der Waals surface area (Å²) >= 11 is 0. The highest BCUT2D eigenvalue weighted by Gasteiger charge is 2.35. The third-order valence-electron chi connectivity index (χ3n) is 3.73. The predicted molar refractivity (Wildman–Crippen MR) is 79.5 cm³/mol. The maximum atomic E-state index is 5.94. The highest BCUT2D eigenvalue weighted by molar-refractivity contribution is 5.92. The molecule has 0 unspecified atom stereocenters. The first kappa shape index (κ1) is 13.1. The number of guanidine groups is 1. The zero-order valence-electron chi connectivity index (χ0n) is 11.8. The molecule has 0 saturated heterocycles. The standard InChI is InChI=1S/C15H21N3O2/c1-2-10-8-12(10)18-15(16)17-11-4-5-13-14(9-11)20-7-3-6-19-13/h4-5,9-10,12H,2-3,6-8H2,1H3,(H3,16,17,18)/t10-,12-/m1/s1. The Morgan fingerprint density at radius 1 is 1.35 bits per heavy atom. The van der Waals surface area contributed by atoms with Gasteiger partial charge in [0.25, 0.3) is 0 Å². The number of aliphatic imine (C=N–C) groups is 1. The lowest BCUT2D eigenvalue weighted by atomic mass is 10.3. The summed E-state index contributed by atoms with van der Waals surface area (Å²) < 4.78 is 11.3. The number of rotatable bonds is 3. The molecule has 1 aliphatic carbocycles. The van der Waals surface area contributed by atoms with Gasteiger partial charge in [0, 0.05) is 18.2 Å². The summed E-state index contributed by atoms with van der Waals surface area (Å²) in [5.41, 5.74) is 6.82. The average molecular weight is 275 g/mol. The van der Waals surface area contributed by atoms with Crippen LogP contribution in [0.5, 0.6) is 11.5 Å². The van der Waals surface area contributed by atoms with Crippen LogP contribution in [0.2, 0.25) is 0 Å². The smallest absolute Gasteiger partial charge is 0.193 e. The Balaban J connectivity index is 1.67. The summed E-state index contributed by atoms with van der Waals surface area (Å²) in [6, 6.07) is 6.14. The van der Waals surface area contributed by atoms with Crippen molar-refractivity contribution in [2.75, 3.05) is 18.5 Å². The van der Waals surface area contributed by atoms with E-state index in [-0.39, 0.29) is 0 Å². The van der Waals surface area contributed by atoms with E-state index in [1.54, 1.807) is 0 Å². The van der Waals surface area contributed by atoms with Gasteiger partial charge in [-0.3, -0.25) is 0 Å². The van der Waals surface area contributed by atoms with Crippen LogP contribution in [0.1, 0.15) is 26.2 Å². The van der Waals surface area contributed by atoms with Crippen LogP contribution >= 0.6 is 0 Å². The van der Waals surface area contributed by atoms with Crippen LogP contribution in [0.25, 0.3) is 0 Å². The van der Waals surface area contributed by atoms with Gasteiger partial charge >= 0.3 is 0 Å². The highest BCUT2D eigenvalue weighted by atomic mass is 16.5. The van der Waals surface area contributed by atoms with Gasteiger partial charge in [-0.1, -0.05) is 13.3 Å². The molecule has 1 aromatic carbocycles. The fourth-order valence-corrected chi connectivity index (χ4v) is 2.43. The van der Waals surface area contributed by atoms with E-state index in [0.29, 0.717) is 31.1 Å². The molecule has 3 rings (SSSR count). The molecular weight excluding hydrogens is 254 g/mol. The van der Waals surface area contributed by atoms with E-state index in [1.807, 2.05) is 18.2 Å². The lowest BCUT2D eigenvalue weighted by Crippen LogP contribution is -2.23. The highest BCUT2D eigenvalue weighted by Crippen LogP contribution is 2.36. The molecule has 3 N–H and O–H groups in total. The summed E-state index contributed by atoms with van der Waals surface area (Å²) in [5.74, 6) is 2.73. The maximum absolute atomic E-state index is 5.94. The van der Waals surface area contributed by atoms with E-state index in [2.05, 4.69) is 17.2 Å². The van der Waals surface area contributed by atoms with Gasteiger partial charge in [0.15, 0.2) is 17.5 Å². The van der Waals surface area contributed by atoms with Gasteiger partial charge in [0.05, 0.1) is 19.3 Å². The van der Waals surface area contributed by atoms with Crippen molar-refractivity contribution in [3.8, 4) is 11.5 Å². The number of hydrogen-bond acceptors (Lipinski definition) is 3. The van der Waals surface area contributed by atoms with Crippen molar-refractivity contribution in [1.29, 1.82) is 0 Å². The monoisotopic (exact) mass is 275 g/mol. The van der Waals surface area contributed by atoms with E-state index in [9.17, 15) is 0 Å². The van der Waals surface area contributed by atoms with Crippen molar-refractivity contribution < 1.29 is 9.47 Å². The molecule has 2 aliphatic rings. The molecule has 20 heavy (non-hydrogen) atoms. The van der Waals surface area contributed by atoms with Gasteiger partial charge in [-0.15, -0.1) is 0 Å². The van der Waals surface area contributed by atoms with E-state index in [0.717, 1.165) is 30.0 Å². The second kappa shape index (κ2) is 5.61. The van der Waals surface area contributed by atoms with E-state index in [4.69, 9.17) is 15.2 Å². The van der Waals surface area contributed by atoms with E-state index in [1.165, 1.54) is 6.42 Å². The quantitative estimate of drug-likeness (QED) is 0.656. The Bertz CT molecular complexity index is 516. The fraction of sp³-hybridized carbons (Fsp3) is 0.533. The molecule has 1 saturated carbocycles. The van der Waals surface area contributed by atoms with Crippen molar-refractivity contribution in [2.24, 2.45) is 16.6 Å². The van der Waals surface area contributed by atoms with Crippen LogP contribution in [0, 0.1) is 5.92 Å². The first-order valence-electron chi connectivity index (χ1n) is 7.26. The number of fused-ring (bicyclic) bond motifs is 1. The molecule has 1 aliphatic heterocycles. The number of nitrogens with two attached hydrogens (primary N) is 1. The van der Waals surface area contributed by atoms with Crippen LogP contribution in [-0.4, -0.2) is 25.2 Å². The Morgan fingerprint density at radius 2 is 2.15 bits per heavy atom. The molecule has 0 amide bonds. The van der Waals surface area contributed by atoms with Crippen molar-refractivity contribution >= 4 is 11.6 Å². The zero-order valence-corrected chi connectivity index (χ0v) is 11.8. The van der Waals surface area contributed by atoms with Gasteiger partial charge in [0.2, 0.25) is 0 Å². The lowest BCUT2D eigenvalue weighted by molar-refractivity contribution is 0.297. The molecule has 108 valence electrons. The largest absolute Gasteiger partial charge is 0.490 e.